The van der Waals surface area contributed by atoms with Crippen molar-refractivity contribution in [3.8, 4) is 0 Å². The minimum Gasteiger partial charge on any atom is -0.379 e. The molecule has 0 bridgehead atoms. The molecule has 2 atom stereocenters. The number of amides is 1. The number of carbonyl (C=O) groups is 1. The highest BCUT2D eigenvalue weighted by Crippen LogP contribution is 2.24. The van der Waals surface area contributed by atoms with Crippen molar-refractivity contribution in [3.05, 3.63) is 0 Å². The molecule has 2 saturated heterocycles. The first-order chi connectivity index (χ1) is 11.9. The van der Waals surface area contributed by atoms with Gasteiger partial charge in [0.1, 0.15) is 0 Å². The van der Waals surface area contributed by atoms with Gasteiger partial charge in [-0.3, -0.25) is 9.69 Å². The molecule has 0 aliphatic carbocycles. The fourth-order valence-corrected chi connectivity index (χ4v) is 4.81. The maximum Gasteiger partial charge on any atom is 0.240 e. The summed E-state index contributed by atoms with van der Waals surface area (Å²) in [5.41, 5.74) is 0. The molecule has 0 aromatic rings. The Morgan fingerprint density at radius 2 is 1.84 bits per heavy atom. The number of piperidine rings is 1. The summed E-state index contributed by atoms with van der Waals surface area (Å²) in [5, 5.41) is 0. The molecule has 1 N–H and O–H groups in total. The van der Waals surface area contributed by atoms with Gasteiger partial charge >= 0.3 is 0 Å². The van der Waals surface area contributed by atoms with Crippen molar-refractivity contribution >= 4 is 15.9 Å². The molecule has 2 aliphatic heterocycles. The van der Waals surface area contributed by atoms with Crippen LogP contribution >= 0.6 is 0 Å². The van der Waals surface area contributed by atoms with E-state index in [-0.39, 0.29) is 18.0 Å². The standard InChI is InChI=1S/C17H33N3O4S/c1-4-14(5-2)16(19-9-11-24-12-10-19)17(21)20-8-6-7-15(13-20)18-25(3,22)23/h14-16,18H,4-13H2,1-3H3/t15-,16-/m0/s1. The molecule has 0 radical (unpaired) electrons. The van der Waals surface area contributed by atoms with E-state index in [1.165, 1.54) is 6.26 Å². The fourth-order valence-electron chi connectivity index (χ4n) is 4.01. The quantitative estimate of drug-likeness (QED) is 0.707. The number of nitrogens with one attached hydrogen (secondary N) is 1. The van der Waals surface area contributed by atoms with E-state index >= 15 is 0 Å². The topological polar surface area (TPSA) is 79.0 Å². The molecule has 2 aliphatic rings. The number of hydrogen-bond donors (Lipinski definition) is 1. The molecule has 2 rings (SSSR count). The Balaban J connectivity index is 2.11. The van der Waals surface area contributed by atoms with Crippen LogP contribution in [0.1, 0.15) is 39.5 Å². The molecular weight excluding hydrogens is 342 g/mol. The third-order valence-corrected chi connectivity index (χ3v) is 6.06. The second kappa shape index (κ2) is 9.30. The lowest BCUT2D eigenvalue weighted by atomic mass is 9.90. The van der Waals surface area contributed by atoms with Gasteiger partial charge in [0.05, 0.1) is 25.5 Å². The van der Waals surface area contributed by atoms with Gasteiger partial charge in [0.15, 0.2) is 0 Å². The number of hydrogen-bond acceptors (Lipinski definition) is 5. The van der Waals surface area contributed by atoms with Crippen LogP contribution in [0.25, 0.3) is 0 Å². The van der Waals surface area contributed by atoms with Gasteiger partial charge in [-0.05, 0) is 18.8 Å². The van der Waals surface area contributed by atoms with Crippen LogP contribution in [0.2, 0.25) is 0 Å². The van der Waals surface area contributed by atoms with Crippen LogP contribution in [0.3, 0.4) is 0 Å². The Morgan fingerprint density at radius 3 is 2.40 bits per heavy atom. The van der Waals surface area contributed by atoms with Gasteiger partial charge in [-0.1, -0.05) is 26.7 Å². The SMILES string of the molecule is CCC(CC)[C@@H](C(=O)N1CCC[C@H](NS(C)(=O)=O)C1)N1CCOCC1. The lowest BCUT2D eigenvalue weighted by Gasteiger charge is -2.42. The van der Waals surface area contributed by atoms with E-state index in [2.05, 4.69) is 23.5 Å². The van der Waals surface area contributed by atoms with Crippen LogP contribution in [0.15, 0.2) is 0 Å². The number of sulfonamides is 1. The minimum absolute atomic E-state index is 0.129. The summed E-state index contributed by atoms with van der Waals surface area (Å²) < 4.78 is 31.2. The largest absolute Gasteiger partial charge is 0.379 e. The maximum absolute atomic E-state index is 13.3. The van der Waals surface area contributed by atoms with Crippen molar-refractivity contribution in [3.63, 3.8) is 0 Å². The molecule has 25 heavy (non-hydrogen) atoms. The lowest BCUT2D eigenvalue weighted by Crippen LogP contribution is -2.58. The van der Waals surface area contributed by atoms with Gasteiger partial charge in [-0.2, -0.15) is 0 Å². The molecule has 0 spiro atoms. The molecule has 7 nitrogen and oxygen atoms in total. The van der Waals surface area contributed by atoms with Crippen LogP contribution in [0, 0.1) is 5.92 Å². The van der Waals surface area contributed by atoms with Crippen molar-refractivity contribution in [1.29, 1.82) is 0 Å². The Bertz CT molecular complexity index is 530. The summed E-state index contributed by atoms with van der Waals surface area (Å²) >= 11 is 0. The van der Waals surface area contributed by atoms with Crippen molar-refractivity contribution in [2.45, 2.75) is 51.6 Å². The highest BCUT2D eigenvalue weighted by atomic mass is 32.2. The van der Waals surface area contributed by atoms with Gasteiger partial charge in [-0.15, -0.1) is 0 Å². The van der Waals surface area contributed by atoms with Crippen LogP contribution < -0.4 is 4.72 Å². The van der Waals surface area contributed by atoms with Crippen molar-refractivity contribution in [1.82, 2.24) is 14.5 Å². The summed E-state index contributed by atoms with van der Waals surface area (Å²) in [6.45, 7) is 8.36. The normalized spacial score (nSPS) is 24.5. The fraction of sp³-hybridized carbons (Fsp3) is 0.941. The van der Waals surface area contributed by atoms with E-state index in [0.717, 1.165) is 38.8 Å². The van der Waals surface area contributed by atoms with Gasteiger partial charge < -0.3 is 9.64 Å². The van der Waals surface area contributed by atoms with Crippen molar-refractivity contribution in [2.75, 3.05) is 45.6 Å². The van der Waals surface area contributed by atoms with Gasteiger partial charge in [-0.25, -0.2) is 13.1 Å². The summed E-state index contributed by atoms with van der Waals surface area (Å²) in [4.78, 5) is 17.5. The van der Waals surface area contributed by atoms with E-state index in [1.54, 1.807) is 0 Å². The van der Waals surface area contributed by atoms with Crippen molar-refractivity contribution in [2.24, 2.45) is 5.92 Å². The zero-order chi connectivity index (χ0) is 18.4. The molecule has 2 fully saturated rings. The van der Waals surface area contributed by atoms with E-state index in [9.17, 15) is 13.2 Å². The Labute approximate surface area is 152 Å². The Morgan fingerprint density at radius 1 is 1.20 bits per heavy atom. The van der Waals surface area contributed by atoms with Gasteiger partial charge in [0.25, 0.3) is 0 Å². The Hall–Kier alpha value is -0.700. The summed E-state index contributed by atoms with van der Waals surface area (Å²) in [6, 6.07) is -0.310. The van der Waals surface area contributed by atoms with E-state index in [0.29, 0.717) is 32.2 Å². The van der Waals surface area contributed by atoms with E-state index in [1.807, 2.05) is 4.90 Å². The summed E-state index contributed by atoms with van der Waals surface area (Å²) in [5.74, 6) is 0.462. The third kappa shape index (κ3) is 5.91. The first-order valence-electron chi connectivity index (χ1n) is 9.43. The monoisotopic (exact) mass is 375 g/mol. The predicted octanol–water partition coefficient (Wildman–Crippen LogP) is 0.664. The zero-order valence-corrected chi connectivity index (χ0v) is 16.6. The summed E-state index contributed by atoms with van der Waals surface area (Å²) in [7, 11) is -3.25. The molecular formula is C17H33N3O4S. The first kappa shape index (κ1) is 20.6. The van der Waals surface area contributed by atoms with Gasteiger partial charge in [0, 0.05) is 32.2 Å². The number of carbonyl (C=O) groups excluding carboxylic acids is 1. The molecule has 146 valence electrons. The smallest absolute Gasteiger partial charge is 0.240 e. The van der Waals surface area contributed by atoms with E-state index in [4.69, 9.17) is 4.74 Å². The average Bonchev–Trinajstić information content (AvgIpc) is 2.58. The predicted molar refractivity (Wildman–Crippen MR) is 97.8 cm³/mol. The van der Waals surface area contributed by atoms with Crippen LogP contribution in [-0.2, 0) is 19.6 Å². The minimum atomic E-state index is -3.25. The highest BCUT2D eigenvalue weighted by molar-refractivity contribution is 7.88. The molecule has 0 aromatic heterocycles. The third-order valence-electron chi connectivity index (χ3n) is 5.30. The highest BCUT2D eigenvalue weighted by Gasteiger charge is 2.37. The van der Waals surface area contributed by atoms with Gasteiger partial charge in [0.2, 0.25) is 15.9 Å². The first-order valence-corrected chi connectivity index (χ1v) is 11.3. The lowest BCUT2D eigenvalue weighted by molar-refractivity contribution is -0.142. The van der Waals surface area contributed by atoms with E-state index < -0.39 is 10.0 Å². The number of morpholine rings is 1. The average molecular weight is 376 g/mol. The molecule has 0 unspecified atom stereocenters. The second-order valence-electron chi connectivity index (χ2n) is 7.18. The number of ether oxygens (including phenoxy) is 1. The van der Waals surface area contributed by atoms with Crippen LogP contribution in [0.5, 0.6) is 0 Å². The number of nitrogens with zero attached hydrogens (tertiary/aromatic N) is 2. The molecule has 1 amide bonds. The molecule has 0 aromatic carbocycles. The van der Waals surface area contributed by atoms with Crippen molar-refractivity contribution < 1.29 is 17.9 Å². The molecule has 8 heteroatoms. The second-order valence-corrected chi connectivity index (χ2v) is 8.96. The molecule has 0 saturated carbocycles. The number of likely N-dealkylation sites (tertiary alicyclic amines) is 1. The maximum atomic E-state index is 13.3. The zero-order valence-electron chi connectivity index (χ0n) is 15.7. The van der Waals surface area contributed by atoms with Crippen LogP contribution in [-0.4, -0.2) is 81.9 Å². The van der Waals surface area contributed by atoms with Crippen LogP contribution in [0.4, 0.5) is 0 Å². The molecule has 2 heterocycles. The number of rotatable bonds is 7. The summed E-state index contributed by atoms with van der Waals surface area (Å²) in [6.07, 6.45) is 4.71. The Kier molecular flexibility index (Phi) is 7.67.